The van der Waals surface area contributed by atoms with Gasteiger partial charge in [0, 0.05) is 19.0 Å². The number of carbonyl (C=O) groups is 1. The highest BCUT2D eigenvalue weighted by molar-refractivity contribution is 5.73. The number of nitrogens with one attached hydrogen (secondary N) is 1. The highest BCUT2D eigenvalue weighted by Gasteiger charge is 2.26. The van der Waals surface area contributed by atoms with Crippen molar-refractivity contribution in [3.8, 4) is 12.3 Å². The molecule has 0 aromatic carbocycles. The van der Waals surface area contributed by atoms with Gasteiger partial charge in [0.2, 0.25) is 0 Å². The second-order valence-corrected chi connectivity index (χ2v) is 3.88. The third kappa shape index (κ3) is 4.54. The lowest BCUT2D eigenvalue weighted by Gasteiger charge is -2.21. The number of rotatable bonds is 5. The fourth-order valence-electron chi connectivity index (χ4n) is 0.754. The number of hydrogen-bond donors (Lipinski definition) is 2. The number of aliphatic carboxylic acids is 1. The van der Waals surface area contributed by atoms with E-state index in [1.807, 2.05) is 6.92 Å². The zero-order valence-electron chi connectivity index (χ0n) is 8.42. The molecule has 0 aliphatic carbocycles. The van der Waals surface area contributed by atoms with Gasteiger partial charge < -0.3 is 10.4 Å². The molecule has 1 unspecified atom stereocenters. The van der Waals surface area contributed by atoms with Crippen molar-refractivity contribution < 1.29 is 9.90 Å². The van der Waals surface area contributed by atoms with Gasteiger partial charge in [-0.2, -0.15) is 0 Å². The lowest BCUT2D eigenvalue weighted by molar-refractivity contribution is -0.146. The molecule has 0 radical (unpaired) electrons. The summed E-state index contributed by atoms with van der Waals surface area (Å²) in [5.74, 6) is 1.72. The second kappa shape index (κ2) is 4.88. The van der Waals surface area contributed by atoms with E-state index in [1.54, 1.807) is 13.8 Å². The molecule has 0 aromatic heterocycles. The predicted octanol–water partition coefficient (Wildman–Crippen LogP) is 1.10. The van der Waals surface area contributed by atoms with Gasteiger partial charge in [-0.15, -0.1) is 12.3 Å². The van der Waals surface area contributed by atoms with Crippen molar-refractivity contribution in [2.75, 3.05) is 6.54 Å². The number of hydrogen-bond acceptors (Lipinski definition) is 2. The third-order valence-electron chi connectivity index (χ3n) is 1.90. The predicted molar refractivity (Wildman–Crippen MR) is 52.3 cm³/mol. The Balaban J connectivity index is 3.89. The standard InChI is InChI=1S/C10H17NO2/c1-5-6-8(2)11-7-10(3,4)9(12)13/h1,8,11H,6-7H2,2-4H3,(H,12,13). The van der Waals surface area contributed by atoms with E-state index in [2.05, 4.69) is 11.2 Å². The van der Waals surface area contributed by atoms with Gasteiger partial charge in [-0.05, 0) is 20.8 Å². The summed E-state index contributed by atoms with van der Waals surface area (Å²) < 4.78 is 0. The average Bonchev–Trinajstić information content (AvgIpc) is 2.01. The van der Waals surface area contributed by atoms with Crippen LogP contribution in [0, 0.1) is 17.8 Å². The van der Waals surface area contributed by atoms with E-state index in [4.69, 9.17) is 11.5 Å². The Kier molecular flexibility index (Phi) is 4.50. The van der Waals surface area contributed by atoms with Crippen molar-refractivity contribution in [1.29, 1.82) is 0 Å². The van der Waals surface area contributed by atoms with Crippen molar-refractivity contribution in [3.63, 3.8) is 0 Å². The Hall–Kier alpha value is -1.01. The molecule has 0 aromatic rings. The van der Waals surface area contributed by atoms with Crippen LogP contribution in [0.4, 0.5) is 0 Å². The summed E-state index contributed by atoms with van der Waals surface area (Å²) in [6, 6.07) is 0.170. The lowest BCUT2D eigenvalue weighted by atomic mass is 9.93. The smallest absolute Gasteiger partial charge is 0.310 e. The minimum Gasteiger partial charge on any atom is -0.481 e. The number of carboxylic acid groups (broad SMARTS) is 1. The van der Waals surface area contributed by atoms with Gasteiger partial charge in [0.25, 0.3) is 0 Å². The van der Waals surface area contributed by atoms with Gasteiger partial charge in [0.05, 0.1) is 5.41 Å². The van der Waals surface area contributed by atoms with Crippen LogP contribution in [0.15, 0.2) is 0 Å². The van der Waals surface area contributed by atoms with E-state index < -0.39 is 11.4 Å². The van der Waals surface area contributed by atoms with Gasteiger partial charge in [0.15, 0.2) is 0 Å². The maximum atomic E-state index is 10.7. The second-order valence-electron chi connectivity index (χ2n) is 3.88. The van der Waals surface area contributed by atoms with Gasteiger partial charge >= 0.3 is 5.97 Å². The van der Waals surface area contributed by atoms with E-state index in [9.17, 15) is 4.79 Å². The van der Waals surface area contributed by atoms with Crippen LogP contribution in [0.25, 0.3) is 0 Å². The topological polar surface area (TPSA) is 49.3 Å². The van der Waals surface area contributed by atoms with Crippen LogP contribution in [0.3, 0.4) is 0 Å². The van der Waals surface area contributed by atoms with Crippen LogP contribution >= 0.6 is 0 Å². The van der Waals surface area contributed by atoms with Crippen molar-refractivity contribution in [1.82, 2.24) is 5.32 Å². The molecule has 0 aliphatic rings. The first kappa shape index (κ1) is 12.0. The van der Waals surface area contributed by atoms with Gasteiger partial charge in [-0.25, -0.2) is 0 Å². The Labute approximate surface area is 79.5 Å². The fourth-order valence-corrected chi connectivity index (χ4v) is 0.754. The van der Waals surface area contributed by atoms with Crippen LogP contribution in [0.1, 0.15) is 27.2 Å². The van der Waals surface area contributed by atoms with Gasteiger partial charge in [-0.1, -0.05) is 0 Å². The Morgan fingerprint density at radius 3 is 2.62 bits per heavy atom. The Bertz CT molecular complexity index is 215. The van der Waals surface area contributed by atoms with E-state index in [0.29, 0.717) is 13.0 Å². The van der Waals surface area contributed by atoms with E-state index in [-0.39, 0.29) is 6.04 Å². The first-order chi connectivity index (χ1) is 5.90. The third-order valence-corrected chi connectivity index (χ3v) is 1.90. The van der Waals surface area contributed by atoms with E-state index in [1.165, 1.54) is 0 Å². The summed E-state index contributed by atoms with van der Waals surface area (Å²) in [6.45, 7) is 5.75. The average molecular weight is 183 g/mol. The molecule has 0 saturated carbocycles. The quantitative estimate of drug-likeness (QED) is 0.627. The molecule has 0 saturated heterocycles. The SMILES string of the molecule is C#CCC(C)NCC(C)(C)C(=O)O. The van der Waals surface area contributed by atoms with Gasteiger partial charge in [-0.3, -0.25) is 4.79 Å². The molecule has 0 rings (SSSR count). The molecule has 0 heterocycles. The van der Waals surface area contributed by atoms with Crippen molar-refractivity contribution >= 4 is 5.97 Å². The van der Waals surface area contributed by atoms with Crippen LogP contribution in [-0.2, 0) is 4.79 Å². The normalized spacial score (nSPS) is 13.4. The minimum atomic E-state index is -0.798. The van der Waals surface area contributed by atoms with Crippen LogP contribution in [-0.4, -0.2) is 23.7 Å². The molecule has 0 aliphatic heterocycles. The fraction of sp³-hybridized carbons (Fsp3) is 0.700. The minimum absolute atomic E-state index is 0.170. The van der Waals surface area contributed by atoms with E-state index in [0.717, 1.165) is 0 Å². The zero-order valence-corrected chi connectivity index (χ0v) is 8.42. The first-order valence-corrected chi connectivity index (χ1v) is 4.30. The molecule has 0 bridgehead atoms. The molecule has 3 nitrogen and oxygen atoms in total. The Morgan fingerprint density at radius 2 is 2.23 bits per heavy atom. The van der Waals surface area contributed by atoms with E-state index >= 15 is 0 Å². The summed E-state index contributed by atoms with van der Waals surface area (Å²) in [6.07, 6.45) is 5.74. The molecule has 74 valence electrons. The first-order valence-electron chi connectivity index (χ1n) is 4.30. The largest absolute Gasteiger partial charge is 0.481 e. The molecule has 0 fully saturated rings. The summed E-state index contributed by atoms with van der Waals surface area (Å²) in [5, 5.41) is 11.9. The molecule has 0 spiro atoms. The molecular formula is C10H17NO2. The van der Waals surface area contributed by atoms with Crippen molar-refractivity contribution in [2.45, 2.75) is 33.2 Å². The summed E-state index contributed by atoms with van der Waals surface area (Å²) in [4.78, 5) is 10.7. The Morgan fingerprint density at radius 1 is 1.69 bits per heavy atom. The van der Waals surface area contributed by atoms with Crippen molar-refractivity contribution in [3.05, 3.63) is 0 Å². The number of carboxylic acids is 1. The van der Waals surface area contributed by atoms with Crippen molar-refractivity contribution in [2.24, 2.45) is 5.41 Å². The molecule has 3 heteroatoms. The summed E-state index contributed by atoms with van der Waals surface area (Å²) in [7, 11) is 0. The molecule has 13 heavy (non-hydrogen) atoms. The highest BCUT2D eigenvalue weighted by Crippen LogP contribution is 2.13. The lowest BCUT2D eigenvalue weighted by Crippen LogP contribution is -2.39. The summed E-state index contributed by atoms with van der Waals surface area (Å²) >= 11 is 0. The molecular weight excluding hydrogens is 166 g/mol. The van der Waals surface area contributed by atoms with Crippen LogP contribution in [0.5, 0.6) is 0 Å². The molecule has 2 N–H and O–H groups in total. The maximum Gasteiger partial charge on any atom is 0.310 e. The monoisotopic (exact) mass is 183 g/mol. The number of terminal acetylenes is 1. The van der Waals surface area contributed by atoms with Crippen LogP contribution < -0.4 is 5.32 Å². The summed E-state index contributed by atoms with van der Waals surface area (Å²) in [5.41, 5.74) is -0.733. The molecule has 0 amide bonds. The maximum absolute atomic E-state index is 10.7. The highest BCUT2D eigenvalue weighted by atomic mass is 16.4. The van der Waals surface area contributed by atoms with Crippen LogP contribution in [0.2, 0.25) is 0 Å². The molecule has 1 atom stereocenters. The zero-order chi connectivity index (χ0) is 10.5. The van der Waals surface area contributed by atoms with Gasteiger partial charge in [0.1, 0.15) is 0 Å².